The second-order valence-electron chi connectivity index (χ2n) is 6.62. The second-order valence-corrected chi connectivity index (χ2v) is 6.62. The van der Waals surface area contributed by atoms with E-state index in [1.54, 1.807) is 7.11 Å². The third kappa shape index (κ3) is 4.08. The van der Waals surface area contributed by atoms with E-state index in [9.17, 15) is 4.79 Å². The molecular formula is C18H28N2O2. The molecule has 0 aromatic heterocycles. The summed E-state index contributed by atoms with van der Waals surface area (Å²) in [6.07, 6.45) is 2.83. The number of ether oxygens (including phenoxy) is 1. The first-order valence-corrected chi connectivity index (χ1v) is 8.07. The molecule has 1 aliphatic carbocycles. The van der Waals surface area contributed by atoms with Crippen LogP contribution in [0.15, 0.2) is 24.3 Å². The first-order chi connectivity index (χ1) is 10.5. The van der Waals surface area contributed by atoms with Gasteiger partial charge in [-0.25, -0.2) is 0 Å². The maximum absolute atomic E-state index is 12.2. The van der Waals surface area contributed by atoms with Crippen molar-refractivity contribution in [2.45, 2.75) is 44.6 Å². The molecule has 1 aromatic rings. The monoisotopic (exact) mass is 304 g/mol. The van der Waals surface area contributed by atoms with Crippen molar-refractivity contribution >= 4 is 11.6 Å². The van der Waals surface area contributed by atoms with Gasteiger partial charge >= 0.3 is 0 Å². The van der Waals surface area contributed by atoms with Gasteiger partial charge in [-0.05, 0) is 37.4 Å². The predicted octanol–water partition coefficient (Wildman–Crippen LogP) is 3.25. The lowest BCUT2D eigenvalue weighted by atomic mass is 10.0. The lowest BCUT2D eigenvalue weighted by molar-refractivity contribution is -0.116. The average molecular weight is 304 g/mol. The highest BCUT2D eigenvalue weighted by Crippen LogP contribution is 2.41. The molecule has 1 fully saturated rings. The first kappa shape index (κ1) is 17.0. The maximum atomic E-state index is 12.2. The number of hydrogen-bond acceptors (Lipinski definition) is 3. The number of hydrogen-bond donors (Lipinski definition) is 1. The van der Waals surface area contributed by atoms with E-state index in [1.807, 2.05) is 18.2 Å². The molecule has 22 heavy (non-hydrogen) atoms. The fourth-order valence-electron chi connectivity index (χ4n) is 2.88. The molecule has 122 valence electrons. The topological polar surface area (TPSA) is 41.6 Å². The molecule has 1 saturated carbocycles. The first-order valence-electron chi connectivity index (χ1n) is 8.07. The number of carbonyl (C=O) groups is 1. The van der Waals surface area contributed by atoms with Crippen molar-refractivity contribution in [3.05, 3.63) is 29.8 Å². The van der Waals surface area contributed by atoms with Gasteiger partial charge < -0.3 is 10.1 Å². The van der Waals surface area contributed by atoms with Crippen LogP contribution in [0.5, 0.6) is 0 Å². The Kier molecular flexibility index (Phi) is 5.59. The van der Waals surface area contributed by atoms with Crippen LogP contribution in [0, 0.1) is 0 Å². The van der Waals surface area contributed by atoms with E-state index in [0.29, 0.717) is 12.3 Å². The second kappa shape index (κ2) is 7.25. The zero-order chi connectivity index (χ0) is 16.2. The molecule has 1 aromatic carbocycles. The number of rotatable bonds is 8. The summed E-state index contributed by atoms with van der Waals surface area (Å²) in [5, 5.41) is 3.05. The lowest BCUT2D eigenvalue weighted by Gasteiger charge is -2.27. The van der Waals surface area contributed by atoms with E-state index < -0.39 is 0 Å². The summed E-state index contributed by atoms with van der Waals surface area (Å²) in [6, 6.07) is 8.03. The van der Waals surface area contributed by atoms with E-state index >= 15 is 0 Å². The van der Waals surface area contributed by atoms with Crippen LogP contribution in [-0.2, 0) is 9.53 Å². The molecule has 0 atom stereocenters. The fraction of sp³-hybridized carbons (Fsp3) is 0.611. The third-order valence-corrected chi connectivity index (χ3v) is 4.58. The molecule has 0 bridgehead atoms. The van der Waals surface area contributed by atoms with Gasteiger partial charge in [0.1, 0.15) is 0 Å². The van der Waals surface area contributed by atoms with E-state index in [2.05, 4.69) is 37.2 Å². The Morgan fingerprint density at radius 1 is 1.36 bits per heavy atom. The summed E-state index contributed by atoms with van der Waals surface area (Å²) in [4.78, 5) is 14.5. The molecular weight excluding hydrogens is 276 g/mol. The van der Waals surface area contributed by atoms with Gasteiger partial charge in [0.15, 0.2) is 0 Å². The van der Waals surface area contributed by atoms with Gasteiger partial charge in [0.2, 0.25) is 5.91 Å². The fourth-order valence-corrected chi connectivity index (χ4v) is 2.88. The number of nitrogens with zero attached hydrogens (tertiary/aromatic N) is 1. The summed E-state index contributed by atoms with van der Waals surface area (Å²) < 4.78 is 5.29. The summed E-state index contributed by atoms with van der Waals surface area (Å²) in [5.74, 6) is 0.476. The van der Waals surface area contributed by atoms with Crippen molar-refractivity contribution in [2.24, 2.45) is 0 Å². The quantitative estimate of drug-likeness (QED) is 0.801. The maximum Gasteiger partial charge on any atom is 0.225 e. The van der Waals surface area contributed by atoms with Crippen LogP contribution in [0.2, 0.25) is 0 Å². The highest BCUT2D eigenvalue weighted by Gasteiger charge is 2.46. The molecule has 0 saturated heterocycles. The van der Waals surface area contributed by atoms with Crippen LogP contribution >= 0.6 is 0 Å². The lowest BCUT2D eigenvalue weighted by Crippen LogP contribution is -2.39. The number of para-hydroxylation sites is 1. The van der Waals surface area contributed by atoms with Crippen LogP contribution in [0.4, 0.5) is 5.69 Å². The Bertz CT molecular complexity index is 510. The molecule has 0 spiro atoms. The Morgan fingerprint density at radius 3 is 2.64 bits per heavy atom. The molecule has 1 N–H and O–H groups in total. The number of methoxy groups -OCH3 is 1. The van der Waals surface area contributed by atoms with Crippen molar-refractivity contribution < 1.29 is 9.53 Å². The van der Waals surface area contributed by atoms with Gasteiger partial charge in [-0.1, -0.05) is 32.0 Å². The van der Waals surface area contributed by atoms with E-state index in [0.717, 1.165) is 31.7 Å². The van der Waals surface area contributed by atoms with Crippen LogP contribution in [0.3, 0.4) is 0 Å². The molecule has 1 aliphatic rings. The van der Waals surface area contributed by atoms with Crippen LogP contribution < -0.4 is 5.32 Å². The largest absolute Gasteiger partial charge is 0.383 e. The Labute approximate surface area is 133 Å². The molecule has 0 radical (unpaired) electrons. The minimum atomic E-state index is 0.0770. The van der Waals surface area contributed by atoms with Gasteiger partial charge in [-0.3, -0.25) is 9.69 Å². The van der Waals surface area contributed by atoms with Crippen molar-refractivity contribution in [2.75, 3.05) is 32.6 Å². The summed E-state index contributed by atoms with van der Waals surface area (Å²) in [6.45, 7) is 5.79. The Hall–Kier alpha value is -1.39. The molecule has 4 nitrogen and oxygen atoms in total. The zero-order valence-corrected chi connectivity index (χ0v) is 14.2. The number of carbonyl (C=O) groups excluding carboxylic acids is 1. The van der Waals surface area contributed by atoms with Gasteiger partial charge in [0, 0.05) is 31.3 Å². The number of likely N-dealkylation sites (N-methyl/N-ethyl adjacent to an activating group) is 1. The summed E-state index contributed by atoms with van der Waals surface area (Å²) in [7, 11) is 3.82. The van der Waals surface area contributed by atoms with E-state index in [4.69, 9.17) is 4.74 Å². The average Bonchev–Trinajstić information content (AvgIpc) is 3.26. The van der Waals surface area contributed by atoms with Crippen molar-refractivity contribution in [3.63, 3.8) is 0 Å². The Morgan fingerprint density at radius 2 is 2.05 bits per heavy atom. The van der Waals surface area contributed by atoms with Crippen molar-refractivity contribution in [3.8, 4) is 0 Å². The Balaban J connectivity index is 1.86. The van der Waals surface area contributed by atoms with Gasteiger partial charge in [-0.2, -0.15) is 0 Å². The van der Waals surface area contributed by atoms with Crippen LogP contribution in [-0.4, -0.2) is 43.7 Å². The number of anilines is 1. The van der Waals surface area contributed by atoms with Crippen molar-refractivity contribution in [1.82, 2.24) is 4.90 Å². The molecule has 4 heteroatoms. The van der Waals surface area contributed by atoms with Gasteiger partial charge in [0.25, 0.3) is 0 Å². The van der Waals surface area contributed by atoms with Gasteiger partial charge in [0.05, 0.1) is 6.61 Å². The van der Waals surface area contributed by atoms with E-state index in [-0.39, 0.29) is 11.4 Å². The molecule has 0 heterocycles. The van der Waals surface area contributed by atoms with Crippen LogP contribution in [0.25, 0.3) is 0 Å². The minimum absolute atomic E-state index is 0.0770. The predicted molar refractivity (Wildman–Crippen MR) is 90.2 cm³/mol. The molecule has 2 rings (SSSR count). The highest BCUT2D eigenvalue weighted by molar-refractivity contribution is 5.91. The normalized spacial score (nSPS) is 16.1. The standard InChI is InChI=1S/C18H28N2O2/c1-14(2)15-7-5-6-8-16(15)19-17(21)9-12-20(3)18(10-11-18)13-22-4/h5-8,14H,9-13H2,1-4H3,(H,19,21). The van der Waals surface area contributed by atoms with Gasteiger partial charge in [-0.15, -0.1) is 0 Å². The summed E-state index contributed by atoms with van der Waals surface area (Å²) >= 11 is 0. The molecule has 1 amide bonds. The number of amides is 1. The third-order valence-electron chi connectivity index (χ3n) is 4.58. The number of benzene rings is 1. The highest BCUT2D eigenvalue weighted by atomic mass is 16.5. The smallest absolute Gasteiger partial charge is 0.225 e. The SMILES string of the molecule is COCC1(N(C)CCC(=O)Nc2ccccc2C(C)C)CC1. The van der Waals surface area contributed by atoms with Crippen LogP contribution in [0.1, 0.15) is 44.6 Å². The van der Waals surface area contributed by atoms with Crippen molar-refractivity contribution in [1.29, 1.82) is 0 Å². The number of nitrogens with one attached hydrogen (secondary N) is 1. The molecule has 0 unspecified atom stereocenters. The summed E-state index contributed by atoms with van der Waals surface area (Å²) in [5.41, 5.74) is 2.29. The zero-order valence-electron chi connectivity index (χ0n) is 14.2. The van der Waals surface area contributed by atoms with E-state index in [1.165, 1.54) is 5.56 Å². The minimum Gasteiger partial charge on any atom is -0.383 e. The molecule has 0 aliphatic heterocycles.